The van der Waals surface area contributed by atoms with E-state index in [4.69, 9.17) is 15.2 Å². The van der Waals surface area contributed by atoms with Crippen molar-refractivity contribution in [1.82, 2.24) is 0 Å². The first-order valence-electron chi connectivity index (χ1n) is 13.4. The molecule has 1 spiro atoms. The first kappa shape index (κ1) is 21.4. The number of rotatable bonds is 0. The van der Waals surface area contributed by atoms with Gasteiger partial charge in [-0.25, -0.2) is 0 Å². The van der Waals surface area contributed by atoms with E-state index in [9.17, 15) is 5.11 Å². The highest BCUT2D eigenvalue weighted by atomic mass is 16.7. The first-order chi connectivity index (χ1) is 14.7. The van der Waals surface area contributed by atoms with Gasteiger partial charge in [0, 0.05) is 24.3 Å². The second kappa shape index (κ2) is 6.93. The Labute approximate surface area is 189 Å². The zero-order chi connectivity index (χ0) is 21.8. The largest absolute Gasteiger partial charge is 0.393 e. The molecule has 4 nitrogen and oxygen atoms in total. The maximum atomic E-state index is 10.3. The van der Waals surface area contributed by atoms with E-state index in [1.54, 1.807) is 0 Å². The van der Waals surface area contributed by atoms with Crippen LogP contribution in [0.5, 0.6) is 0 Å². The third-order valence-electron chi connectivity index (χ3n) is 12.1. The summed E-state index contributed by atoms with van der Waals surface area (Å²) in [6.07, 6.45) is 10.7. The van der Waals surface area contributed by atoms with Gasteiger partial charge in [0.15, 0.2) is 5.79 Å². The quantitative estimate of drug-likeness (QED) is 0.582. The van der Waals surface area contributed by atoms with E-state index >= 15 is 0 Å². The van der Waals surface area contributed by atoms with Gasteiger partial charge in [-0.1, -0.05) is 27.7 Å². The molecule has 6 rings (SSSR count). The molecule has 4 heteroatoms. The molecule has 31 heavy (non-hydrogen) atoms. The standard InChI is InChI=1S/C27H45NO3/c1-15-7-10-27(30-14-15)16(2)24-22(31-27)12-21-19-6-5-17-11-18(29)8-9-25(17,3)20(19)13-23(28)26(21,24)4/h15-24,29H,5-14,28H2,1-4H3/t15-,16+,17+,18+,19-,20+,21+,22+,23+,24+,25+,26-,27-/m1/s1. The molecule has 6 fully saturated rings. The summed E-state index contributed by atoms with van der Waals surface area (Å²) in [4.78, 5) is 0. The molecule has 0 unspecified atom stereocenters. The second-order valence-electron chi connectivity index (χ2n) is 13.3. The smallest absolute Gasteiger partial charge is 0.171 e. The normalized spacial score (nSPS) is 63.3. The van der Waals surface area contributed by atoms with E-state index < -0.39 is 0 Å². The summed E-state index contributed by atoms with van der Waals surface area (Å²) in [5.41, 5.74) is 7.72. The molecule has 0 aromatic carbocycles. The third kappa shape index (κ3) is 2.74. The molecular formula is C27H45NO3. The first-order valence-corrected chi connectivity index (χ1v) is 13.4. The minimum absolute atomic E-state index is 0.0772. The molecule has 0 aromatic rings. The van der Waals surface area contributed by atoms with Crippen LogP contribution in [-0.4, -0.2) is 35.8 Å². The van der Waals surface area contributed by atoms with Gasteiger partial charge in [-0.05, 0) is 91.8 Å². The number of aliphatic hydroxyl groups is 1. The van der Waals surface area contributed by atoms with Crippen LogP contribution in [0.15, 0.2) is 0 Å². The maximum absolute atomic E-state index is 10.3. The lowest BCUT2D eigenvalue weighted by Gasteiger charge is -2.62. The third-order valence-corrected chi connectivity index (χ3v) is 12.1. The Hall–Kier alpha value is -0.160. The monoisotopic (exact) mass is 431 g/mol. The van der Waals surface area contributed by atoms with Crippen molar-refractivity contribution in [3.05, 3.63) is 0 Å². The average molecular weight is 432 g/mol. The number of fused-ring (bicyclic) bond motifs is 7. The fourth-order valence-electron chi connectivity index (χ4n) is 10.3. The molecule has 0 radical (unpaired) electrons. The van der Waals surface area contributed by atoms with Gasteiger partial charge in [0.1, 0.15) is 0 Å². The lowest BCUT2D eigenvalue weighted by Crippen LogP contribution is -2.61. The van der Waals surface area contributed by atoms with Gasteiger partial charge in [0.05, 0.1) is 18.8 Å². The Morgan fingerprint density at radius 2 is 1.74 bits per heavy atom. The van der Waals surface area contributed by atoms with Gasteiger partial charge in [-0.3, -0.25) is 0 Å². The van der Waals surface area contributed by atoms with E-state index in [0.717, 1.165) is 37.7 Å². The number of nitrogens with two attached hydrogens (primary N) is 1. The molecule has 2 heterocycles. The molecule has 176 valence electrons. The van der Waals surface area contributed by atoms with Crippen LogP contribution in [0.25, 0.3) is 0 Å². The number of ether oxygens (including phenoxy) is 2. The Bertz CT molecular complexity index is 719. The minimum atomic E-state index is -0.352. The van der Waals surface area contributed by atoms with Crippen molar-refractivity contribution < 1.29 is 14.6 Å². The molecule has 0 amide bonds. The molecule has 4 saturated carbocycles. The summed E-state index contributed by atoms with van der Waals surface area (Å²) in [5.74, 6) is 4.13. The molecule has 6 aliphatic rings. The molecule has 13 atom stereocenters. The zero-order valence-electron chi connectivity index (χ0n) is 20.2. The number of aliphatic hydroxyl groups excluding tert-OH is 1. The summed E-state index contributed by atoms with van der Waals surface area (Å²) < 4.78 is 13.4. The average Bonchev–Trinajstić information content (AvgIpc) is 3.18. The fraction of sp³-hybridized carbons (Fsp3) is 1.00. The van der Waals surface area contributed by atoms with E-state index in [2.05, 4.69) is 27.7 Å². The summed E-state index contributed by atoms with van der Waals surface area (Å²) in [6, 6.07) is 0.250. The summed E-state index contributed by atoms with van der Waals surface area (Å²) in [7, 11) is 0. The zero-order valence-corrected chi connectivity index (χ0v) is 20.2. The highest BCUT2D eigenvalue weighted by Crippen LogP contribution is 2.71. The van der Waals surface area contributed by atoms with Crippen LogP contribution in [0.3, 0.4) is 0 Å². The SMILES string of the molecule is C[C@@H]1CC[C@@]2(OC1)O[C@H]1C[C@H]3[C@@H]4CC[C@H]5C[C@@H](O)CC[C@]5(C)[C@H]4C[C@H](N)[C@]3(C)[C@H]1[C@@H]2C. The number of hydrogen-bond acceptors (Lipinski definition) is 4. The van der Waals surface area contributed by atoms with Crippen LogP contribution in [-0.2, 0) is 9.47 Å². The Balaban J connectivity index is 1.29. The highest BCUT2D eigenvalue weighted by molar-refractivity contribution is 5.18. The molecule has 2 aliphatic heterocycles. The van der Waals surface area contributed by atoms with Crippen LogP contribution in [0, 0.1) is 52.3 Å². The van der Waals surface area contributed by atoms with Crippen molar-refractivity contribution >= 4 is 0 Å². The van der Waals surface area contributed by atoms with Gasteiger partial charge in [-0.2, -0.15) is 0 Å². The molecule has 2 saturated heterocycles. The summed E-state index contributed by atoms with van der Waals surface area (Å²) in [6.45, 7) is 10.6. The van der Waals surface area contributed by atoms with Crippen molar-refractivity contribution in [3.63, 3.8) is 0 Å². The Morgan fingerprint density at radius 3 is 2.48 bits per heavy atom. The van der Waals surface area contributed by atoms with Gasteiger partial charge in [-0.15, -0.1) is 0 Å². The number of hydrogen-bond donors (Lipinski definition) is 2. The van der Waals surface area contributed by atoms with Crippen molar-refractivity contribution in [2.24, 2.45) is 58.0 Å². The van der Waals surface area contributed by atoms with E-state index in [0.29, 0.717) is 41.1 Å². The van der Waals surface area contributed by atoms with Gasteiger partial charge in [0.25, 0.3) is 0 Å². The van der Waals surface area contributed by atoms with Crippen LogP contribution in [0.1, 0.15) is 85.5 Å². The van der Waals surface area contributed by atoms with Gasteiger partial charge in [0.2, 0.25) is 0 Å². The Kier molecular flexibility index (Phi) is 4.78. The lowest BCUT2D eigenvalue weighted by molar-refractivity contribution is -0.273. The van der Waals surface area contributed by atoms with Crippen molar-refractivity contribution in [1.29, 1.82) is 0 Å². The molecule has 0 aromatic heterocycles. The predicted octanol–water partition coefficient (Wildman–Crippen LogP) is 4.73. The van der Waals surface area contributed by atoms with Crippen molar-refractivity contribution in [2.45, 2.75) is 110 Å². The van der Waals surface area contributed by atoms with Gasteiger partial charge >= 0.3 is 0 Å². The van der Waals surface area contributed by atoms with E-state index in [-0.39, 0.29) is 23.3 Å². The lowest BCUT2D eigenvalue weighted by atomic mass is 9.43. The molecule has 0 bridgehead atoms. The topological polar surface area (TPSA) is 64.7 Å². The molecular weight excluding hydrogens is 386 g/mol. The van der Waals surface area contributed by atoms with Crippen molar-refractivity contribution in [3.8, 4) is 0 Å². The Morgan fingerprint density at radius 1 is 0.935 bits per heavy atom. The van der Waals surface area contributed by atoms with Crippen LogP contribution in [0.2, 0.25) is 0 Å². The second-order valence-corrected chi connectivity index (χ2v) is 13.3. The van der Waals surface area contributed by atoms with Crippen LogP contribution in [0.4, 0.5) is 0 Å². The highest BCUT2D eigenvalue weighted by Gasteiger charge is 2.71. The summed E-state index contributed by atoms with van der Waals surface area (Å²) >= 11 is 0. The van der Waals surface area contributed by atoms with Crippen LogP contribution >= 0.6 is 0 Å². The van der Waals surface area contributed by atoms with E-state index in [1.165, 1.54) is 38.5 Å². The summed E-state index contributed by atoms with van der Waals surface area (Å²) in [5, 5.41) is 10.3. The fourth-order valence-corrected chi connectivity index (χ4v) is 10.3. The van der Waals surface area contributed by atoms with Gasteiger partial charge < -0.3 is 20.3 Å². The molecule has 4 aliphatic carbocycles. The maximum Gasteiger partial charge on any atom is 0.171 e. The molecule has 3 N–H and O–H groups in total. The minimum Gasteiger partial charge on any atom is -0.393 e. The van der Waals surface area contributed by atoms with Crippen LogP contribution < -0.4 is 5.73 Å². The van der Waals surface area contributed by atoms with Crippen molar-refractivity contribution in [2.75, 3.05) is 6.61 Å². The van der Waals surface area contributed by atoms with E-state index in [1.807, 2.05) is 0 Å². The predicted molar refractivity (Wildman–Crippen MR) is 121 cm³/mol.